The molecule has 2 aromatic carbocycles. The van der Waals surface area contributed by atoms with E-state index in [2.05, 4.69) is 11.5 Å². The first kappa shape index (κ1) is 23.0. The number of rotatable bonds is 8. The molecule has 1 amide bonds. The lowest BCUT2D eigenvalue weighted by molar-refractivity contribution is -0.140. The number of nitrogens with zero attached hydrogens (tertiary/aromatic N) is 2. The SMILES string of the molecule is C=CCOc1cccc(C2/C(=C(\O)c3ccc4c(c3)OCO4)C(=O)C(=O)N2CCN2CCCC2)c1. The molecule has 3 aliphatic heterocycles. The predicted octanol–water partition coefficient (Wildman–Crippen LogP) is 3.50. The molecule has 35 heavy (non-hydrogen) atoms. The lowest BCUT2D eigenvalue weighted by Crippen LogP contribution is -2.37. The Morgan fingerprint density at radius 1 is 1.09 bits per heavy atom. The van der Waals surface area contributed by atoms with Crippen LogP contribution >= 0.6 is 0 Å². The highest BCUT2D eigenvalue weighted by Crippen LogP contribution is 2.42. The molecule has 1 N–H and O–H groups in total. The van der Waals surface area contributed by atoms with Gasteiger partial charge in [0.1, 0.15) is 18.1 Å². The van der Waals surface area contributed by atoms with Crippen LogP contribution in [0.4, 0.5) is 0 Å². The van der Waals surface area contributed by atoms with Crippen molar-refractivity contribution in [1.29, 1.82) is 0 Å². The van der Waals surface area contributed by atoms with Crippen LogP contribution in [-0.4, -0.2) is 66.2 Å². The van der Waals surface area contributed by atoms with Crippen molar-refractivity contribution in [2.24, 2.45) is 0 Å². The van der Waals surface area contributed by atoms with E-state index in [4.69, 9.17) is 14.2 Å². The molecule has 3 heterocycles. The molecule has 0 bridgehead atoms. The lowest BCUT2D eigenvalue weighted by atomic mass is 9.95. The molecule has 8 heteroatoms. The quantitative estimate of drug-likeness (QED) is 0.270. The van der Waals surface area contributed by atoms with Gasteiger partial charge < -0.3 is 29.1 Å². The summed E-state index contributed by atoms with van der Waals surface area (Å²) in [6, 6.07) is 11.5. The van der Waals surface area contributed by atoms with Crippen LogP contribution in [0.15, 0.2) is 60.7 Å². The van der Waals surface area contributed by atoms with E-state index in [0.717, 1.165) is 25.9 Å². The minimum Gasteiger partial charge on any atom is -0.507 e. The first-order chi connectivity index (χ1) is 17.1. The zero-order valence-electron chi connectivity index (χ0n) is 19.4. The summed E-state index contributed by atoms with van der Waals surface area (Å²) in [5.74, 6) is 0.0752. The predicted molar refractivity (Wildman–Crippen MR) is 129 cm³/mol. The lowest BCUT2D eigenvalue weighted by Gasteiger charge is -2.27. The number of aliphatic hydroxyl groups excluding tert-OH is 1. The fourth-order valence-corrected chi connectivity index (χ4v) is 4.84. The number of fused-ring (bicyclic) bond motifs is 1. The van der Waals surface area contributed by atoms with Gasteiger partial charge in [0.05, 0.1) is 11.6 Å². The first-order valence-corrected chi connectivity index (χ1v) is 11.8. The summed E-state index contributed by atoms with van der Waals surface area (Å²) in [7, 11) is 0. The number of carbonyl (C=O) groups is 2. The van der Waals surface area contributed by atoms with Gasteiger partial charge in [-0.1, -0.05) is 24.8 Å². The molecule has 8 nitrogen and oxygen atoms in total. The van der Waals surface area contributed by atoms with Crippen LogP contribution in [0.1, 0.15) is 30.0 Å². The number of benzene rings is 2. The Bertz CT molecular complexity index is 1180. The highest BCUT2D eigenvalue weighted by atomic mass is 16.7. The third kappa shape index (κ3) is 4.49. The van der Waals surface area contributed by atoms with Crippen LogP contribution in [0.25, 0.3) is 5.76 Å². The van der Waals surface area contributed by atoms with Gasteiger partial charge in [-0.3, -0.25) is 9.59 Å². The van der Waals surface area contributed by atoms with Crippen LogP contribution < -0.4 is 14.2 Å². The van der Waals surface area contributed by atoms with Gasteiger partial charge in [0, 0.05) is 18.7 Å². The van der Waals surface area contributed by atoms with Crippen LogP contribution in [-0.2, 0) is 9.59 Å². The van der Waals surface area contributed by atoms with Gasteiger partial charge in [-0.2, -0.15) is 0 Å². The van der Waals surface area contributed by atoms with E-state index < -0.39 is 17.7 Å². The van der Waals surface area contributed by atoms with Gasteiger partial charge in [0.15, 0.2) is 11.5 Å². The minimum absolute atomic E-state index is 0.0520. The van der Waals surface area contributed by atoms with E-state index in [1.165, 1.54) is 0 Å². The minimum atomic E-state index is -0.740. The number of Topliss-reactive ketones (excluding diaryl/α,β-unsaturated/α-hetero) is 1. The van der Waals surface area contributed by atoms with E-state index in [1.807, 2.05) is 12.1 Å². The summed E-state index contributed by atoms with van der Waals surface area (Å²) in [6.07, 6.45) is 3.92. The third-order valence-electron chi connectivity index (χ3n) is 6.58. The van der Waals surface area contributed by atoms with Crippen molar-refractivity contribution in [3.8, 4) is 17.2 Å². The van der Waals surface area contributed by atoms with Crippen molar-refractivity contribution >= 4 is 17.4 Å². The van der Waals surface area contributed by atoms with Crippen molar-refractivity contribution < 1.29 is 28.9 Å². The number of amides is 1. The van der Waals surface area contributed by atoms with Crippen molar-refractivity contribution in [2.75, 3.05) is 39.6 Å². The van der Waals surface area contributed by atoms with E-state index in [-0.39, 0.29) is 18.1 Å². The highest BCUT2D eigenvalue weighted by molar-refractivity contribution is 6.46. The maximum absolute atomic E-state index is 13.3. The Labute approximate surface area is 204 Å². The monoisotopic (exact) mass is 476 g/mol. The normalized spacial score (nSPS) is 21.0. The largest absolute Gasteiger partial charge is 0.507 e. The van der Waals surface area contributed by atoms with Crippen molar-refractivity contribution in [3.05, 3.63) is 71.8 Å². The van der Waals surface area contributed by atoms with Gasteiger partial charge in [-0.15, -0.1) is 0 Å². The third-order valence-corrected chi connectivity index (χ3v) is 6.58. The zero-order chi connectivity index (χ0) is 24.4. The topological polar surface area (TPSA) is 88.5 Å². The Balaban J connectivity index is 1.55. The van der Waals surface area contributed by atoms with Gasteiger partial charge in [0.2, 0.25) is 6.79 Å². The maximum atomic E-state index is 13.3. The van der Waals surface area contributed by atoms with E-state index in [1.54, 1.807) is 41.3 Å². The first-order valence-electron chi connectivity index (χ1n) is 11.8. The molecule has 0 spiro atoms. The molecule has 2 saturated heterocycles. The summed E-state index contributed by atoms with van der Waals surface area (Å²) >= 11 is 0. The summed E-state index contributed by atoms with van der Waals surface area (Å²) in [5.41, 5.74) is 1.13. The van der Waals surface area contributed by atoms with Crippen molar-refractivity contribution in [2.45, 2.75) is 18.9 Å². The fourth-order valence-electron chi connectivity index (χ4n) is 4.84. The molecule has 3 aliphatic rings. The second-order valence-electron chi connectivity index (χ2n) is 8.78. The Morgan fingerprint density at radius 2 is 1.89 bits per heavy atom. The van der Waals surface area contributed by atoms with E-state index in [0.29, 0.717) is 48.1 Å². The maximum Gasteiger partial charge on any atom is 0.295 e. The van der Waals surface area contributed by atoms with Crippen LogP contribution in [0.2, 0.25) is 0 Å². The number of hydrogen-bond acceptors (Lipinski definition) is 7. The fraction of sp³-hybridized carbons (Fsp3) is 0.333. The number of ether oxygens (including phenoxy) is 3. The van der Waals surface area contributed by atoms with E-state index >= 15 is 0 Å². The molecule has 0 saturated carbocycles. The number of aliphatic hydroxyl groups is 1. The second kappa shape index (κ2) is 9.84. The van der Waals surface area contributed by atoms with Gasteiger partial charge in [-0.25, -0.2) is 0 Å². The number of ketones is 1. The van der Waals surface area contributed by atoms with Crippen LogP contribution in [0.5, 0.6) is 17.2 Å². The number of hydrogen-bond donors (Lipinski definition) is 1. The van der Waals surface area contributed by atoms with E-state index in [9.17, 15) is 14.7 Å². The molecule has 1 atom stereocenters. The Hall–Kier alpha value is -3.78. The molecule has 0 aromatic heterocycles. The smallest absolute Gasteiger partial charge is 0.295 e. The Kier molecular flexibility index (Phi) is 6.46. The molecular weight excluding hydrogens is 448 g/mol. The van der Waals surface area contributed by atoms with Crippen molar-refractivity contribution in [3.63, 3.8) is 0 Å². The van der Waals surface area contributed by atoms with Crippen LogP contribution in [0.3, 0.4) is 0 Å². The summed E-state index contributed by atoms with van der Waals surface area (Å²) in [4.78, 5) is 30.3. The number of carbonyl (C=O) groups excluding carboxylic acids is 2. The van der Waals surface area contributed by atoms with Crippen molar-refractivity contribution in [1.82, 2.24) is 9.80 Å². The zero-order valence-corrected chi connectivity index (χ0v) is 19.4. The standard InChI is InChI=1S/C27H28N2O6/c1-2-14-33-20-7-5-6-18(15-20)24-23(25(30)19-8-9-21-22(16-19)35-17-34-21)26(31)27(32)29(24)13-12-28-10-3-4-11-28/h2,5-9,15-16,24,30H,1,3-4,10-14,17H2/b25-23+. The highest BCUT2D eigenvalue weighted by Gasteiger charge is 2.46. The Morgan fingerprint density at radius 3 is 2.69 bits per heavy atom. The molecule has 5 rings (SSSR count). The molecule has 0 radical (unpaired) electrons. The number of likely N-dealkylation sites (tertiary alicyclic amines) is 2. The van der Waals surface area contributed by atoms with Gasteiger partial charge in [0.25, 0.3) is 11.7 Å². The molecule has 1 unspecified atom stereocenters. The average Bonchev–Trinajstić information content (AvgIpc) is 3.62. The molecular formula is C27H28N2O6. The summed E-state index contributed by atoms with van der Waals surface area (Å²) in [5, 5.41) is 11.3. The van der Waals surface area contributed by atoms with Gasteiger partial charge in [-0.05, 0) is 61.8 Å². The molecule has 182 valence electrons. The second-order valence-corrected chi connectivity index (χ2v) is 8.78. The molecule has 0 aliphatic carbocycles. The average molecular weight is 477 g/mol. The van der Waals surface area contributed by atoms with Gasteiger partial charge >= 0.3 is 0 Å². The summed E-state index contributed by atoms with van der Waals surface area (Å²) < 4.78 is 16.5. The molecule has 2 aromatic rings. The van der Waals surface area contributed by atoms with Crippen LogP contribution in [0, 0.1) is 0 Å². The molecule has 2 fully saturated rings. The summed E-state index contributed by atoms with van der Waals surface area (Å²) in [6.45, 7) is 7.11.